The minimum atomic E-state index is -4.59. The van der Waals surface area contributed by atoms with Crippen LogP contribution in [0.2, 0.25) is 0 Å². The van der Waals surface area contributed by atoms with Gasteiger partial charge in [-0.3, -0.25) is 9.59 Å². The molecule has 0 bridgehead atoms. The Morgan fingerprint density at radius 1 is 0.939 bits per heavy atom. The van der Waals surface area contributed by atoms with Gasteiger partial charge in [0.05, 0.1) is 16.8 Å². The van der Waals surface area contributed by atoms with E-state index in [1.807, 2.05) is 0 Å². The third-order valence-electron chi connectivity index (χ3n) is 4.78. The molecule has 3 rings (SSSR count). The maximum Gasteiger partial charge on any atom is 0.416 e. The van der Waals surface area contributed by atoms with Gasteiger partial charge >= 0.3 is 12.4 Å². The van der Waals surface area contributed by atoms with Crippen molar-refractivity contribution in [3.63, 3.8) is 0 Å². The monoisotopic (exact) mass is 469 g/mol. The molecule has 1 heterocycles. The minimum Gasteiger partial charge on any atom is -0.336 e. The number of aromatic nitrogens is 2. The molecule has 11 heteroatoms. The number of hydrogen-bond acceptors (Lipinski definition) is 3. The van der Waals surface area contributed by atoms with Crippen LogP contribution in [0.15, 0.2) is 59.4 Å². The van der Waals surface area contributed by atoms with Crippen molar-refractivity contribution in [2.24, 2.45) is 0 Å². The molecule has 0 N–H and O–H groups in total. The second kappa shape index (κ2) is 8.72. The van der Waals surface area contributed by atoms with Crippen LogP contribution in [0.1, 0.15) is 32.9 Å². The Kier molecular flexibility index (Phi) is 6.35. The highest BCUT2D eigenvalue weighted by Gasteiger charge is 2.31. The van der Waals surface area contributed by atoms with Gasteiger partial charge in [0.1, 0.15) is 0 Å². The molecule has 5 nitrogen and oxygen atoms in total. The molecule has 0 radical (unpaired) electrons. The Labute approximate surface area is 183 Å². The van der Waals surface area contributed by atoms with E-state index in [1.54, 1.807) is 0 Å². The number of nitrogens with zero attached hydrogens (tertiary/aromatic N) is 3. The Bertz CT molecular complexity index is 1230. The third-order valence-corrected chi connectivity index (χ3v) is 4.78. The highest BCUT2D eigenvalue weighted by Crippen LogP contribution is 2.31. The molecule has 0 aliphatic carbocycles. The fourth-order valence-corrected chi connectivity index (χ4v) is 3.10. The van der Waals surface area contributed by atoms with Crippen LogP contribution in [0.4, 0.5) is 26.3 Å². The number of halogens is 6. The van der Waals surface area contributed by atoms with Crippen molar-refractivity contribution in [2.75, 3.05) is 7.05 Å². The van der Waals surface area contributed by atoms with Crippen LogP contribution in [0.25, 0.3) is 5.69 Å². The van der Waals surface area contributed by atoms with Crippen LogP contribution in [0, 0.1) is 6.92 Å². The van der Waals surface area contributed by atoms with Crippen LogP contribution in [-0.2, 0) is 18.9 Å². The summed E-state index contributed by atoms with van der Waals surface area (Å²) < 4.78 is 78.3. The first-order valence-corrected chi connectivity index (χ1v) is 9.47. The molecule has 1 aromatic heterocycles. The number of alkyl halides is 6. The quantitative estimate of drug-likeness (QED) is 0.514. The zero-order chi connectivity index (χ0) is 24.6. The number of aryl methyl sites for hydroxylation is 1. The van der Waals surface area contributed by atoms with Gasteiger partial charge in [0.25, 0.3) is 5.91 Å². The van der Waals surface area contributed by atoms with Crippen LogP contribution in [-0.4, -0.2) is 27.6 Å². The van der Waals surface area contributed by atoms with Crippen molar-refractivity contribution >= 4 is 5.91 Å². The van der Waals surface area contributed by atoms with Gasteiger partial charge in [0, 0.05) is 25.4 Å². The van der Waals surface area contributed by atoms with Crippen molar-refractivity contribution in [1.82, 2.24) is 14.7 Å². The molecular weight excluding hydrogens is 452 g/mol. The minimum absolute atomic E-state index is 0.00164. The summed E-state index contributed by atoms with van der Waals surface area (Å²) >= 11 is 0. The second-order valence-electron chi connectivity index (χ2n) is 7.31. The molecule has 2 aromatic carbocycles. The van der Waals surface area contributed by atoms with Crippen molar-refractivity contribution in [1.29, 1.82) is 0 Å². The number of carbonyl (C=O) groups excluding carboxylic acids is 1. The Morgan fingerprint density at radius 3 is 2.12 bits per heavy atom. The van der Waals surface area contributed by atoms with Gasteiger partial charge in [0.2, 0.25) is 5.43 Å². The predicted octanol–water partition coefficient (Wildman–Crippen LogP) is 4.85. The Balaban J connectivity index is 1.90. The van der Waals surface area contributed by atoms with E-state index >= 15 is 0 Å². The second-order valence-corrected chi connectivity index (χ2v) is 7.31. The van der Waals surface area contributed by atoms with Crippen molar-refractivity contribution < 1.29 is 31.1 Å². The van der Waals surface area contributed by atoms with Crippen LogP contribution < -0.4 is 5.43 Å². The van der Waals surface area contributed by atoms with Crippen molar-refractivity contribution in [3.05, 3.63) is 92.9 Å². The lowest BCUT2D eigenvalue weighted by molar-refractivity contribution is -0.138. The first-order valence-electron chi connectivity index (χ1n) is 9.47. The summed E-state index contributed by atoms with van der Waals surface area (Å²) in [7, 11) is 1.33. The first kappa shape index (κ1) is 24.0. The molecule has 1 amide bonds. The number of hydrogen-bond donors (Lipinski definition) is 0. The molecule has 0 spiro atoms. The highest BCUT2D eigenvalue weighted by molar-refractivity contribution is 5.91. The van der Waals surface area contributed by atoms with Gasteiger partial charge in [-0.1, -0.05) is 18.2 Å². The molecule has 0 unspecified atom stereocenters. The molecule has 0 atom stereocenters. The molecule has 174 valence electrons. The first-order chi connectivity index (χ1) is 15.3. The van der Waals surface area contributed by atoms with E-state index in [2.05, 4.69) is 5.10 Å². The molecule has 33 heavy (non-hydrogen) atoms. The normalized spacial score (nSPS) is 12.0. The zero-order valence-electron chi connectivity index (χ0n) is 17.3. The zero-order valence-corrected chi connectivity index (χ0v) is 17.3. The number of amides is 1. The molecule has 3 aromatic rings. The molecule has 0 aliphatic heterocycles. The van der Waals surface area contributed by atoms with Crippen LogP contribution >= 0.6 is 0 Å². The topological polar surface area (TPSA) is 55.2 Å². The summed E-state index contributed by atoms with van der Waals surface area (Å²) in [6.07, 6.45) is -9.09. The fourth-order valence-electron chi connectivity index (χ4n) is 3.10. The van der Waals surface area contributed by atoms with E-state index in [9.17, 15) is 35.9 Å². The maximum absolute atomic E-state index is 13.1. The van der Waals surface area contributed by atoms with E-state index in [-0.39, 0.29) is 17.9 Å². The van der Waals surface area contributed by atoms with Gasteiger partial charge in [-0.15, -0.1) is 0 Å². The molecule has 0 aliphatic rings. The average Bonchev–Trinajstić information content (AvgIpc) is 2.72. The number of rotatable bonds is 4. The van der Waals surface area contributed by atoms with Crippen LogP contribution in [0.3, 0.4) is 0 Å². The van der Waals surface area contributed by atoms with Gasteiger partial charge in [-0.05, 0) is 42.8 Å². The highest BCUT2D eigenvalue weighted by atomic mass is 19.4. The standard InChI is InChI=1S/C22H17F6N3O2/c1-13-10-18(32)19(29-31(13)17-5-3-4-16(11-17)22(26,27)28)20(33)30(2)12-14-6-8-15(9-7-14)21(23,24)25/h3-11H,12H2,1-2H3. The van der Waals surface area contributed by atoms with Gasteiger partial charge in [-0.2, -0.15) is 31.4 Å². The average molecular weight is 469 g/mol. The SMILES string of the molecule is Cc1cc(=O)c(C(=O)N(C)Cc2ccc(C(F)(F)F)cc2)nn1-c1cccc(C(F)(F)F)c1. The molecular formula is C22H17F6N3O2. The summed E-state index contributed by atoms with van der Waals surface area (Å²) in [4.78, 5) is 26.3. The Morgan fingerprint density at radius 2 is 1.55 bits per heavy atom. The lowest BCUT2D eigenvalue weighted by atomic mass is 10.1. The Hall–Kier alpha value is -3.63. The van der Waals surface area contributed by atoms with Crippen molar-refractivity contribution in [2.45, 2.75) is 25.8 Å². The van der Waals surface area contributed by atoms with E-state index in [0.29, 0.717) is 5.56 Å². The third kappa shape index (κ3) is 5.41. The summed E-state index contributed by atoms with van der Waals surface area (Å²) in [5.41, 5.74) is -2.45. The summed E-state index contributed by atoms with van der Waals surface area (Å²) in [6.45, 7) is 1.34. The van der Waals surface area contributed by atoms with E-state index in [4.69, 9.17) is 0 Å². The van der Waals surface area contributed by atoms with Gasteiger partial charge in [-0.25, -0.2) is 4.68 Å². The smallest absolute Gasteiger partial charge is 0.336 e. The predicted molar refractivity (Wildman–Crippen MR) is 107 cm³/mol. The summed E-state index contributed by atoms with van der Waals surface area (Å²) in [5.74, 6) is -0.833. The molecule has 0 saturated heterocycles. The van der Waals surface area contributed by atoms with Gasteiger partial charge < -0.3 is 4.90 Å². The molecule has 0 fully saturated rings. The largest absolute Gasteiger partial charge is 0.416 e. The van der Waals surface area contributed by atoms with Crippen molar-refractivity contribution in [3.8, 4) is 5.69 Å². The van der Waals surface area contributed by atoms with E-state index < -0.39 is 40.5 Å². The van der Waals surface area contributed by atoms with Crippen LogP contribution in [0.5, 0.6) is 0 Å². The van der Waals surface area contributed by atoms with E-state index in [1.165, 1.54) is 38.2 Å². The lowest BCUT2D eigenvalue weighted by Gasteiger charge is -2.18. The van der Waals surface area contributed by atoms with Gasteiger partial charge in [0.15, 0.2) is 5.69 Å². The summed E-state index contributed by atoms with van der Waals surface area (Å²) in [5, 5.41) is 3.97. The maximum atomic E-state index is 13.1. The number of benzene rings is 2. The lowest BCUT2D eigenvalue weighted by Crippen LogP contribution is -2.33. The summed E-state index contributed by atoms with van der Waals surface area (Å²) in [6, 6.07) is 9.47. The fraction of sp³-hybridized carbons (Fsp3) is 0.227. The number of carbonyl (C=O) groups is 1. The van der Waals surface area contributed by atoms with E-state index in [0.717, 1.165) is 39.9 Å². The molecule has 0 saturated carbocycles.